The van der Waals surface area contributed by atoms with E-state index in [0.29, 0.717) is 19.2 Å². The molecule has 198 valence electrons. The van der Waals surface area contributed by atoms with Gasteiger partial charge < -0.3 is 19.7 Å². The topological polar surface area (TPSA) is 93.7 Å². The summed E-state index contributed by atoms with van der Waals surface area (Å²) in [6, 6.07) is 13.9. The number of nitrogens with zero attached hydrogens (tertiary/aromatic N) is 3. The van der Waals surface area contributed by atoms with E-state index in [2.05, 4.69) is 20.2 Å². The number of halogens is 2. The summed E-state index contributed by atoms with van der Waals surface area (Å²) in [5.74, 6) is -0.473. The molecule has 2 heterocycles. The van der Waals surface area contributed by atoms with E-state index in [4.69, 9.17) is 32.7 Å². The molecule has 0 aliphatic carbocycles. The molecule has 0 bridgehead atoms. The van der Waals surface area contributed by atoms with E-state index in [1.54, 1.807) is 36.7 Å². The highest BCUT2D eigenvalue weighted by atomic mass is 35.5. The molecule has 1 aliphatic rings. The molecule has 1 unspecified atom stereocenters. The number of hydrogen-bond acceptors (Lipinski definition) is 7. The highest BCUT2D eigenvalue weighted by Crippen LogP contribution is 2.29. The number of methoxy groups -OCH3 is 1. The molecule has 1 fully saturated rings. The second-order valence-corrected chi connectivity index (χ2v) is 9.45. The Labute approximate surface area is 231 Å². The summed E-state index contributed by atoms with van der Waals surface area (Å²) in [5.41, 5.74) is 2.02. The van der Waals surface area contributed by atoms with Crippen molar-refractivity contribution in [2.24, 2.45) is 0 Å². The van der Waals surface area contributed by atoms with E-state index < -0.39 is 17.9 Å². The molecule has 8 nitrogen and oxygen atoms in total. The predicted molar refractivity (Wildman–Crippen MR) is 148 cm³/mol. The quantitative estimate of drug-likeness (QED) is 0.350. The Hall–Kier alpha value is -3.46. The second-order valence-electron chi connectivity index (χ2n) is 8.64. The van der Waals surface area contributed by atoms with Crippen LogP contribution in [0, 0.1) is 0 Å². The number of rotatable bonds is 9. The van der Waals surface area contributed by atoms with Gasteiger partial charge in [0.2, 0.25) is 5.95 Å². The van der Waals surface area contributed by atoms with Crippen molar-refractivity contribution < 1.29 is 19.1 Å². The third-order valence-electron chi connectivity index (χ3n) is 6.16. The average Bonchev–Trinajstić information content (AvgIpc) is 2.94. The van der Waals surface area contributed by atoms with Crippen LogP contribution in [0.15, 0.2) is 67.0 Å². The summed E-state index contributed by atoms with van der Waals surface area (Å²) in [6.07, 6.45) is 9.16. The number of nitrogens with one attached hydrogen (secondary N) is 1. The van der Waals surface area contributed by atoms with E-state index >= 15 is 0 Å². The Morgan fingerprint density at radius 2 is 1.74 bits per heavy atom. The van der Waals surface area contributed by atoms with Gasteiger partial charge in [-0.1, -0.05) is 53.6 Å². The first kappa shape index (κ1) is 27.6. The predicted octanol–water partition coefficient (Wildman–Crippen LogP) is 5.48. The maximum absolute atomic E-state index is 12.8. The lowest BCUT2D eigenvalue weighted by Gasteiger charge is -2.34. The molecule has 2 aromatic carbocycles. The number of carbonyl (C=O) groups is 2. The van der Waals surface area contributed by atoms with Crippen LogP contribution < -0.4 is 10.2 Å². The van der Waals surface area contributed by atoms with Crippen LogP contribution in [0.4, 0.5) is 11.6 Å². The van der Waals surface area contributed by atoms with Crippen LogP contribution in [0.2, 0.25) is 10.0 Å². The fraction of sp³-hybridized carbons (Fsp3) is 0.286. The van der Waals surface area contributed by atoms with E-state index in [1.165, 1.54) is 7.11 Å². The van der Waals surface area contributed by atoms with Crippen molar-refractivity contribution in [1.82, 2.24) is 15.3 Å². The Morgan fingerprint density at radius 1 is 1.08 bits per heavy atom. The fourth-order valence-corrected chi connectivity index (χ4v) is 4.81. The van der Waals surface area contributed by atoms with E-state index in [-0.39, 0.29) is 28.1 Å². The summed E-state index contributed by atoms with van der Waals surface area (Å²) in [7, 11) is 1.27. The minimum atomic E-state index is -0.908. The Bertz CT molecular complexity index is 1250. The monoisotopic (exact) mass is 554 g/mol. The van der Waals surface area contributed by atoms with Crippen LogP contribution in [0.25, 0.3) is 6.08 Å². The van der Waals surface area contributed by atoms with E-state index in [1.807, 2.05) is 36.4 Å². The van der Waals surface area contributed by atoms with Gasteiger partial charge in [0.1, 0.15) is 6.04 Å². The van der Waals surface area contributed by atoms with Crippen molar-refractivity contribution in [3.63, 3.8) is 0 Å². The standard InChI is InChI=1S/C28H28Cl2N4O4/c1-37-27(36)24(33-26(35)25-22(29)6-3-7-23(25)30)8-2-5-19-9-11-20(12-10-19)34(21-13-17-38-18-14-21)28-31-15-4-16-32-28/h2-7,9-12,15-16,21,24H,8,13-14,17-18H2,1H3,(H,33,35)/b5-2+. The molecule has 4 rings (SSSR count). The van der Waals surface area contributed by atoms with Gasteiger partial charge in [0.15, 0.2) is 0 Å². The number of carbonyl (C=O) groups excluding carboxylic acids is 2. The molecule has 1 atom stereocenters. The first-order valence-corrected chi connectivity index (χ1v) is 13.0. The van der Waals surface area contributed by atoms with Crippen molar-refractivity contribution in [2.75, 3.05) is 25.2 Å². The van der Waals surface area contributed by atoms with Gasteiger partial charge in [0, 0.05) is 37.3 Å². The number of amides is 1. The van der Waals surface area contributed by atoms with Gasteiger partial charge >= 0.3 is 5.97 Å². The van der Waals surface area contributed by atoms with Crippen LogP contribution in [-0.2, 0) is 14.3 Å². The normalized spacial score (nSPS) is 14.7. The van der Waals surface area contributed by atoms with Crippen molar-refractivity contribution in [2.45, 2.75) is 31.3 Å². The number of ether oxygens (including phenoxy) is 2. The molecular weight excluding hydrogens is 527 g/mol. The van der Waals surface area contributed by atoms with Crippen LogP contribution >= 0.6 is 23.2 Å². The maximum Gasteiger partial charge on any atom is 0.328 e. The number of benzene rings is 2. The molecule has 1 aromatic heterocycles. The SMILES string of the molecule is COC(=O)C(C/C=C/c1ccc(N(c2ncccn2)C2CCOCC2)cc1)NC(=O)c1c(Cl)cccc1Cl. The Kier molecular flexibility index (Phi) is 9.70. The molecule has 1 amide bonds. The molecule has 38 heavy (non-hydrogen) atoms. The molecule has 1 N–H and O–H groups in total. The summed E-state index contributed by atoms with van der Waals surface area (Å²) >= 11 is 12.3. The minimum absolute atomic E-state index is 0.112. The molecule has 1 saturated heterocycles. The van der Waals surface area contributed by atoms with Gasteiger partial charge in [0.05, 0.1) is 22.7 Å². The Balaban J connectivity index is 1.46. The lowest BCUT2D eigenvalue weighted by molar-refractivity contribution is -0.142. The third kappa shape index (κ3) is 6.89. The fourth-order valence-electron chi connectivity index (χ4n) is 4.24. The molecule has 0 spiro atoms. The summed E-state index contributed by atoms with van der Waals surface area (Å²) in [5, 5.41) is 3.06. The van der Waals surface area contributed by atoms with E-state index in [9.17, 15) is 9.59 Å². The van der Waals surface area contributed by atoms with Crippen molar-refractivity contribution in [1.29, 1.82) is 0 Å². The first-order valence-electron chi connectivity index (χ1n) is 12.2. The van der Waals surface area contributed by atoms with E-state index in [0.717, 1.165) is 24.1 Å². The van der Waals surface area contributed by atoms with Crippen molar-refractivity contribution in [3.05, 3.63) is 88.2 Å². The average molecular weight is 555 g/mol. The van der Waals surface area contributed by atoms with Crippen molar-refractivity contribution in [3.8, 4) is 0 Å². The lowest BCUT2D eigenvalue weighted by atomic mass is 10.1. The second kappa shape index (κ2) is 13.4. The van der Waals surface area contributed by atoms with Gasteiger partial charge in [-0.3, -0.25) is 4.79 Å². The summed E-state index contributed by atoms with van der Waals surface area (Å²) in [6.45, 7) is 1.41. The number of hydrogen-bond donors (Lipinski definition) is 1. The summed E-state index contributed by atoms with van der Waals surface area (Å²) in [4.78, 5) is 36.2. The zero-order valence-corrected chi connectivity index (χ0v) is 22.4. The smallest absolute Gasteiger partial charge is 0.328 e. The van der Waals surface area contributed by atoms with Gasteiger partial charge in [-0.25, -0.2) is 14.8 Å². The maximum atomic E-state index is 12.8. The van der Waals surface area contributed by atoms with Gasteiger partial charge in [-0.15, -0.1) is 0 Å². The zero-order chi connectivity index (χ0) is 26.9. The highest BCUT2D eigenvalue weighted by molar-refractivity contribution is 6.39. The molecule has 3 aromatic rings. The van der Waals surface area contributed by atoms with Crippen molar-refractivity contribution >= 4 is 52.8 Å². The number of aromatic nitrogens is 2. The van der Waals surface area contributed by atoms with Gasteiger partial charge in [-0.05, 0) is 55.2 Å². The summed E-state index contributed by atoms with van der Waals surface area (Å²) < 4.78 is 10.4. The first-order chi connectivity index (χ1) is 18.5. The third-order valence-corrected chi connectivity index (χ3v) is 6.79. The van der Waals surface area contributed by atoms with Crippen LogP contribution in [0.1, 0.15) is 35.2 Å². The Morgan fingerprint density at radius 3 is 2.37 bits per heavy atom. The largest absolute Gasteiger partial charge is 0.467 e. The zero-order valence-electron chi connectivity index (χ0n) is 20.8. The lowest BCUT2D eigenvalue weighted by Crippen LogP contribution is -2.41. The molecule has 10 heteroatoms. The van der Waals surface area contributed by atoms with Crippen LogP contribution in [0.3, 0.4) is 0 Å². The molecule has 1 aliphatic heterocycles. The molecule has 0 radical (unpaired) electrons. The van der Waals surface area contributed by atoms with Crippen LogP contribution in [0.5, 0.6) is 0 Å². The minimum Gasteiger partial charge on any atom is -0.467 e. The number of esters is 1. The van der Waals surface area contributed by atoms with Crippen LogP contribution in [-0.4, -0.2) is 54.3 Å². The molecule has 0 saturated carbocycles. The number of anilines is 2. The molecular formula is C28H28Cl2N4O4. The highest BCUT2D eigenvalue weighted by Gasteiger charge is 2.26. The van der Waals surface area contributed by atoms with Gasteiger partial charge in [0.25, 0.3) is 5.91 Å². The van der Waals surface area contributed by atoms with Gasteiger partial charge in [-0.2, -0.15) is 0 Å².